The number of benzene rings is 1. The van der Waals surface area contributed by atoms with E-state index < -0.39 is 11.4 Å². The Hall–Kier alpha value is -1.98. The lowest BCUT2D eigenvalue weighted by molar-refractivity contribution is 0.0695. The molecule has 0 aliphatic carbocycles. The minimum absolute atomic E-state index is 0.245. The third-order valence-electron chi connectivity index (χ3n) is 3.29. The molecule has 7 heteroatoms. The van der Waals surface area contributed by atoms with Crippen LogP contribution in [0.3, 0.4) is 0 Å². The van der Waals surface area contributed by atoms with Gasteiger partial charge in [-0.05, 0) is 26.0 Å². The lowest BCUT2D eigenvalue weighted by Gasteiger charge is -2.19. The molecule has 0 saturated carbocycles. The summed E-state index contributed by atoms with van der Waals surface area (Å²) < 4.78 is 7.10. The molecule has 0 aliphatic rings. The number of hydrogen-bond donors (Lipinski definition) is 1. The van der Waals surface area contributed by atoms with Gasteiger partial charge in [0.1, 0.15) is 5.56 Å². The van der Waals surface area contributed by atoms with E-state index in [4.69, 9.17) is 27.9 Å². The van der Waals surface area contributed by atoms with E-state index in [9.17, 15) is 14.7 Å². The Kier molecular flexibility index (Phi) is 5.34. The fourth-order valence-corrected chi connectivity index (χ4v) is 2.65. The number of carboxylic acid groups (broad SMARTS) is 1. The molecule has 0 saturated heterocycles. The predicted octanol–water partition coefficient (Wildman–Crippen LogP) is 3.94. The average molecular weight is 356 g/mol. The summed E-state index contributed by atoms with van der Waals surface area (Å²) in [5, 5.41) is 10.1. The molecule has 0 aliphatic heterocycles. The van der Waals surface area contributed by atoms with E-state index in [0.717, 1.165) is 0 Å². The van der Waals surface area contributed by atoms with Gasteiger partial charge in [0, 0.05) is 18.2 Å². The Labute approximate surface area is 143 Å². The second-order valence-electron chi connectivity index (χ2n) is 4.68. The standard InChI is InChI=1S/C16H15Cl2NO4/c1-3-19-13(23-4-2)8-12(20)14(16(21)22)15(19)9-5-6-10(17)11(18)7-9/h5-8H,3-4H2,1-2H3,(H,21,22). The number of carbonyl (C=O) groups is 1. The van der Waals surface area contributed by atoms with Crippen molar-refractivity contribution in [2.75, 3.05) is 6.61 Å². The van der Waals surface area contributed by atoms with E-state index in [1.165, 1.54) is 12.1 Å². The fourth-order valence-electron chi connectivity index (χ4n) is 2.36. The lowest BCUT2D eigenvalue weighted by atomic mass is 10.0. The van der Waals surface area contributed by atoms with Crippen LogP contribution in [0.25, 0.3) is 11.3 Å². The van der Waals surface area contributed by atoms with E-state index in [-0.39, 0.29) is 16.3 Å². The molecule has 0 amide bonds. The molecule has 2 aromatic rings. The molecule has 1 N–H and O–H groups in total. The van der Waals surface area contributed by atoms with Crippen LogP contribution >= 0.6 is 23.2 Å². The van der Waals surface area contributed by atoms with Gasteiger partial charge >= 0.3 is 5.97 Å². The van der Waals surface area contributed by atoms with Crippen molar-refractivity contribution in [3.05, 3.63) is 50.1 Å². The highest BCUT2D eigenvalue weighted by Crippen LogP contribution is 2.31. The maximum absolute atomic E-state index is 12.2. The molecule has 0 radical (unpaired) electrons. The summed E-state index contributed by atoms with van der Waals surface area (Å²) in [6, 6.07) is 5.91. The summed E-state index contributed by atoms with van der Waals surface area (Å²) in [5.74, 6) is -0.993. The highest BCUT2D eigenvalue weighted by molar-refractivity contribution is 6.42. The van der Waals surface area contributed by atoms with Crippen LogP contribution < -0.4 is 10.2 Å². The highest BCUT2D eigenvalue weighted by Gasteiger charge is 2.22. The van der Waals surface area contributed by atoms with Gasteiger partial charge in [-0.15, -0.1) is 0 Å². The van der Waals surface area contributed by atoms with Crippen LogP contribution in [0.1, 0.15) is 24.2 Å². The number of hydrogen-bond acceptors (Lipinski definition) is 3. The predicted molar refractivity (Wildman–Crippen MR) is 90.0 cm³/mol. The molecular weight excluding hydrogens is 341 g/mol. The minimum Gasteiger partial charge on any atom is -0.479 e. The number of nitrogens with zero attached hydrogens (tertiary/aromatic N) is 1. The molecule has 0 atom stereocenters. The molecule has 122 valence electrons. The molecule has 0 fully saturated rings. The summed E-state index contributed by atoms with van der Waals surface area (Å²) in [4.78, 5) is 23.8. The SMILES string of the molecule is CCOc1cc(=O)c(C(=O)O)c(-c2ccc(Cl)c(Cl)c2)n1CC. The topological polar surface area (TPSA) is 68.5 Å². The summed E-state index contributed by atoms with van der Waals surface area (Å²) in [6.45, 7) is 4.40. The molecule has 5 nitrogen and oxygen atoms in total. The maximum atomic E-state index is 12.2. The molecule has 0 spiro atoms. The van der Waals surface area contributed by atoms with Crippen molar-refractivity contribution < 1.29 is 14.6 Å². The lowest BCUT2D eigenvalue weighted by Crippen LogP contribution is -2.22. The first kappa shape index (κ1) is 17.4. The van der Waals surface area contributed by atoms with E-state index in [0.29, 0.717) is 29.6 Å². The number of pyridine rings is 1. The van der Waals surface area contributed by atoms with Gasteiger partial charge in [0.2, 0.25) is 5.43 Å². The normalized spacial score (nSPS) is 10.6. The Morgan fingerprint density at radius 3 is 2.43 bits per heavy atom. The third-order valence-corrected chi connectivity index (χ3v) is 4.03. The molecule has 2 rings (SSSR count). The zero-order chi connectivity index (χ0) is 17.1. The van der Waals surface area contributed by atoms with Crippen LogP contribution in [0.5, 0.6) is 5.88 Å². The smallest absolute Gasteiger partial charge is 0.341 e. The number of carboxylic acids is 1. The van der Waals surface area contributed by atoms with Crippen LogP contribution in [0, 0.1) is 0 Å². The molecule has 1 aromatic heterocycles. The quantitative estimate of drug-likeness (QED) is 0.881. The van der Waals surface area contributed by atoms with Crippen LogP contribution in [0.15, 0.2) is 29.1 Å². The number of rotatable bonds is 5. The minimum atomic E-state index is -1.30. The van der Waals surface area contributed by atoms with E-state index in [2.05, 4.69) is 0 Å². The van der Waals surface area contributed by atoms with Gasteiger partial charge < -0.3 is 14.4 Å². The van der Waals surface area contributed by atoms with Crippen LogP contribution in [-0.4, -0.2) is 22.2 Å². The summed E-state index contributed by atoms with van der Waals surface area (Å²) in [7, 11) is 0. The first-order valence-electron chi connectivity index (χ1n) is 7.00. The first-order chi connectivity index (χ1) is 10.9. The number of halogens is 2. The molecule has 0 bridgehead atoms. The monoisotopic (exact) mass is 355 g/mol. The van der Waals surface area contributed by atoms with Gasteiger partial charge in [-0.25, -0.2) is 4.79 Å². The van der Waals surface area contributed by atoms with E-state index in [1.54, 1.807) is 23.6 Å². The van der Waals surface area contributed by atoms with Crippen molar-refractivity contribution in [2.24, 2.45) is 0 Å². The van der Waals surface area contributed by atoms with Crippen molar-refractivity contribution in [1.82, 2.24) is 4.57 Å². The molecular formula is C16H15Cl2NO4. The molecule has 1 aromatic carbocycles. The van der Waals surface area contributed by atoms with Gasteiger partial charge in [-0.2, -0.15) is 0 Å². The Bertz CT molecular complexity index is 814. The van der Waals surface area contributed by atoms with Crippen LogP contribution in [0.4, 0.5) is 0 Å². The largest absolute Gasteiger partial charge is 0.479 e. The maximum Gasteiger partial charge on any atom is 0.341 e. The van der Waals surface area contributed by atoms with Gasteiger partial charge in [0.15, 0.2) is 5.88 Å². The average Bonchev–Trinajstić information content (AvgIpc) is 2.49. The van der Waals surface area contributed by atoms with Gasteiger partial charge in [0.05, 0.1) is 22.3 Å². The summed E-state index contributed by atoms with van der Waals surface area (Å²) in [5.41, 5.74) is -0.216. The molecule has 1 heterocycles. The van der Waals surface area contributed by atoms with E-state index >= 15 is 0 Å². The molecule has 0 unspecified atom stereocenters. The van der Waals surface area contributed by atoms with Crippen molar-refractivity contribution in [2.45, 2.75) is 20.4 Å². The number of aromatic nitrogens is 1. The van der Waals surface area contributed by atoms with Crippen LogP contribution in [0.2, 0.25) is 10.0 Å². The Morgan fingerprint density at radius 2 is 1.91 bits per heavy atom. The second-order valence-corrected chi connectivity index (χ2v) is 5.50. The number of aromatic carboxylic acids is 1. The third kappa shape index (κ3) is 3.35. The van der Waals surface area contributed by atoms with E-state index in [1.807, 2.05) is 6.92 Å². The van der Waals surface area contributed by atoms with Gasteiger partial charge in [0.25, 0.3) is 0 Å². The van der Waals surface area contributed by atoms with Crippen molar-refractivity contribution >= 4 is 29.2 Å². The summed E-state index contributed by atoms with van der Waals surface area (Å²) in [6.07, 6.45) is 0. The summed E-state index contributed by atoms with van der Waals surface area (Å²) >= 11 is 11.9. The van der Waals surface area contributed by atoms with Gasteiger partial charge in [-0.3, -0.25) is 4.79 Å². The zero-order valence-electron chi connectivity index (χ0n) is 12.6. The Morgan fingerprint density at radius 1 is 1.22 bits per heavy atom. The van der Waals surface area contributed by atoms with Gasteiger partial charge in [-0.1, -0.05) is 29.3 Å². The Balaban J connectivity index is 2.88. The first-order valence-corrected chi connectivity index (χ1v) is 7.75. The van der Waals surface area contributed by atoms with Crippen molar-refractivity contribution in [3.8, 4) is 17.1 Å². The van der Waals surface area contributed by atoms with Crippen molar-refractivity contribution in [1.29, 1.82) is 0 Å². The zero-order valence-corrected chi connectivity index (χ0v) is 14.1. The van der Waals surface area contributed by atoms with Crippen LogP contribution in [-0.2, 0) is 6.54 Å². The highest BCUT2D eigenvalue weighted by atomic mass is 35.5. The second kappa shape index (κ2) is 7.06. The number of ether oxygens (including phenoxy) is 1. The van der Waals surface area contributed by atoms with Crippen molar-refractivity contribution in [3.63, 3.8) is 0 Å². The molecule has 23 heavy (non-hydrogen) atoms. The fraction of sp³-hybridized carbons (Fsp3) is 0.250.